The molecule has 0 saturated carbocycles. The SMILES string of the molecule is CCNc1ncnc(Nc2ccc(C)c(C)c2)c1[N+](=O)[O-]. The Balaban J connectivity index is 2.41. The maximum absolute atomic E-state index is 11.3. The van der Waals surface area contributed by atoms with Crippen LogP contribution in [0.25, 0.3) is 0 Å². The Labute approximate surface area is 122 Å². The van der Waals surface area contributed by atoms with E-state index in [1.165, 1.54) is 6.33 Å². The number of nitrogens with one attached hydrogen (secondary N) is 2. The van der Waals surface area contributed by atoms with Gasteiger partial charge in [0.25, 0.3) is 0 Å². The molecule has 0 saturated heterocycles. The monoisotopic (exact) mass is 287 g/mol. The van der Waals surface area contributed by atoms with Crippen molar-refractivity contribution >= 4 is 23.0 Å². The van der Waals surface area contributed by atoms with Crippen LogP contribution in [0.2, 0.25) is 0 Å². The van der Waals surface area contributed by atoms with E-state index in [9.17, 15) is 10.1 Å². The van der Waals surface area contributed by atoms with Crippen molar-refractivity contribution in [2.45, 2.75) is 20.8 Å². The first kappa shape index (κ1) is 14.7. The molecule has 0 spiro atoms. The van der Waals surface area contributed by atoms with E-state index in [1.807, 2.05) is 39.0 Å². The Hall–Kier alpha value is -2.70. The highest BCUT2D eigenvalue weighted by atomic mass is 16.6. The van der Waals surface area contributed by atoms with E-state index in [0.717, 1.165) is 16.8 Å². The molecule has 2 N–H and O–H groups in total. The lowest BCUT2D eigenvalue weighted by Crippen LogP contribution is -2.07. The van der Waals surface area contributed by atoms with Gasteiger partial charge in [-0.3, -0.25) is 10.1 Å². The first-order valence-corrected chi connectivity index (χ1v) is 6.60. The van der Waals surface area contributed by atoms with Gasteiger partial charge in [0.05, 0.1) is 4.92 Å². The third kappa shape index (κ3) is 3.25. The lowest BCUT2D eigenvalue weighted by atomic mass is 10.1. The van der Waals surface area contributed by atoms with Gasteiger partial charge < -0.3 is 10.6 Å². The smallest absolute Gasteiger partial charge is 0.353 e. The van der Waals surface area contributed by atoms with Crippen molar-refractivity contribution in [3.63, 3.8) is 0 Å². The zero-order valence-electron chi connectivity index (χ0n) is 12.2. The fraction of sp³-hybridized carbons (Fsp3) is 0.286. The Morgan fingerprint density at radius 2 is 1.90 bits per heavy atom. The zero-order valence-corrected chi connectivity index (χ0v) is 12.2. The predicted octanol–water partition coefficient (Wildman–Crippen LogP) is 3.18. The molecule has 0 radical (unpaired) electrons. The molecule has 1 aromatic carbocycles. The fourth-order valence-corrected chi connectivity index (χ4v) is 1.90. The van der Waals surface area contributed by atoms with Crippen LogP contribution in [-0.4, -0.2) is 21.4 Å². The summed E-state index contributed by atoms with van der Waals surface area (Å²) in [5, 5.41) is 17.1. The van der Waals surface area contributed by atoms with E-state index < -0.39 is 4.92 Å². The highest BCUT2D eigenvalue weighted by Crippen LogP contribution is 2.31. The summed E-state index contributed by atoms with van der Waals surface area (Å²) in [4.78, 5) is 18.7. The van der Waals surface area contributed by atoms with Crippen molar-refractivity contribution in [3.05, 3.63) is 45.8 Å². The molecular weight excluding hydrogens is 270 g/mol. The molecule has 1 aromatic heterocycles. The van der Waals surface area contributed by atoms with Crippen molar-refractivity contribution < 1.29 is 4.92 Å². The van der Waals surface area contributed by atoms with Crippen LogP contribution in [0.3, 0.4) is 0 Å². The van der Waals surface area contributed by atoms with Gasteiger partial charge in [-0.2, -0.15) is 0 Å². The summed E-state index contributed by atoms with van der Waals surface area (Å²) in [6, 6.07) is 5.74. The second-order valence-electron chi connectivity index (χ2n) is 4.63. The molecule has 2 aromatic rings. The summed E-state index contributed by atoms with van der Waals surface area (Å²) < 4.78 is 0. The standard InChI is InChI=1S/C14H17N5O2/c1-4-15-13-12(19(20)21)14(17-8-16-13)18-11-6-5-9(2)10(3)7-11/h5-8H,4H2,1-3H3,(H2,15,16,17,18). The van der Waals surface area contributed by atoms with Crippen LogP contribution in [0, 0.1) is 24.0 Å². The number of anilines is 3. The molecule has 0 aliphatic rings. The quantitative estimate of drug-likeness (QED) is 0.648. The molecule has 0 fully saturated rings. The molecular formula is C14H17N5O2. The number of rotatable bonds is 5. The summed E-state index contributed by atoms with van der Waals surface area (Å²) in [6.45, 7) is 6.39. The van der Waals surface area contributed by atoms with Crippen LogP contribution < -0.4 is 10.6 Å². The van der Waals surface area contributed by atoms with Gasteiger partial charge >= 0.3 is 5.69 Å². The minimum absolute atomic E-state index is 0.155. The Bertz CT molecular complexity index is 672. The highest BCUT2D eigenvalue weighted by molar-refractivity contribution is 5.73. The average Bonchev–Trinajstić information content (AvgIpc) is 2.43. The number of hydrogen-bond donors (Lipinski definition) is 2. The van der Waals surface area contributed by atoms with E-state index in [0.29, 0.717) is 6.54 Å². The van der Waals surface area contributed by atoms with Crippen LogP contribution in [0.4, 0.5) is 23.0 Å². The molecule has 7 nitrogen and oxygen atoms in total. The number of aryl methyl sites for hydroxylation is 2. The summed E-state index contributed by atoms with van der Waals surface area (Å²) in [5.74, 6) is 0.387. The summed E-state index contributed by atoms with van der Waals surface area (Å²) in [7, 11) is 0. The van der Waals surface area contributed by atoms with Gasteiger partial charge in [-0.1, -0.05) is 6.07 Å². The van der Waals surface area contributed by atoms with Gasteiger partial charge in [-0.15, -0.1) is 0 Å². The van der Waals surface area contributed by atoms with E-state index in [2.05, 4.69) is 20.6 Å². The van der Waals surface area contributed by atoms with Crippen molar-refractivity contribution in [1.82, 2.24) is 9.97 Å². The molecule has 0 atom stereocenters. The molecule has 0 amide bonds. The van der Waals surface area contributed by atoms with Crippen molar-refractivity contribution in [2.24, 2.45) is 0 Å². The Kier molecular flexibility index (Phi) is 4.32. The minimum Gasteiger partial charge on any atom is -0.364 e. The van der Waals surface area contributed by atoms with Crippen LogP contribution in [-0.2, 0) is 0 Å². The minimum atomic E-state index is -0.485. The summed E-state index contributed by atoms with van der Waals surface area (Å²) >= 11 is 0. The largest absolute Gasteiger partial charge is 0.364 e. The van der Waals surface area contributed by atoms with Crippen molar-refractivity contribution in [3.8, 4) is 0 Å². The Morgan fingerprint density at radius 1 is 1.19 bits per heavy atom. The normalized spacial score (nSPS) is 10.2. The first-order chi connectivity index (χ1) is 10.0. The van der Waals surface area contributed by atoms with Gasteiger partial charge in [0.1, 0.15) is 6.33 Å². The first-order valence-electron chi connectivity index (χ1n) is 6.60. The van der Waals surface area contributed by atoms with Gasteiger partial charge in [0.2, 0.25) is 11.6 Å². The number of nitro groups is 1. The lowest BCUT2D eigenvalue weighted by molar-refractivity contribution is -0.383. The highest BCUT2D eigenvalue weighted by Gasteiger charge is 2.22. The lowest BCUT2D eigenvalue weighted by Gasteiger charge is -2.10. The number of aromatic nitrogens is 2. The second-order valence-corrected chi connectivity index (χ2v) is 4.63. The van der Waals surface area contributed by atoms with Crippen LogP contribution in [0.15, 0.2) is 24.5 Å². The molecule has 7 heteroatoms. The van der Waals surface area contributed by atoms with Gasteiger partial charge in [0, 0.05) is 12.2 Å². The van der Waals surface area contributed by atoms with Gasteiger partial charge in [0.15, 0.2) is 0 Å². The average molecular weight is 287 g/mol. The topological polar surface area (TPSA) is 93.0 Å². The molecule has 0 unspecified atom stereocenters. The molecule has 0 bridgehead atoms. The summed E-state index contributed by atoms with van der Waals surface area (Å²) in [6.07, 6.45) is 1.30. The van der Waals surface area contributed by atoms with Gasteiger partial charge in [-0.25, -0.2) is 9.97 Å². The van der Waals surface area contributed by atoms with Gasteiger partial charge in [-0.05, 0) is 44.0 Å². The summed E-state index contributed by atoms with van der Waals surface area (Å²) in [5.41, 5.74) is 2.86. The molecule has 21 heavy (non-hydrogen) atoms. The van der Waals surface area contributed by atoms with Crippen LogP contribution in [0.5, 0.6) is 0 Å². The van der Waals surface area contributed by atoms with Crippen LogP contribution >= 0.6 is 0 Å². The molecule has 110 valence electrons. The number of nitrogens with zero attached hydrogens (tertiary/aromatic N) is 3. The van der Waals surface area contributed by atoms with E-state index >= 15 is 0 Å². The number of hydrogen-bond acceptors (Lipinski definition) is 6. The Morgan fingerprint density at radius 3 is 2.52 bits per heavy atom. The molecule has 2 rings (SSSR count). The maximum Gasteiger partial charge on any atom is 0.353 e. The maximum atomic E-state index is 11.3. The van der Waals surface area contributed by atoms with Crippen LogP contribution in [0.1, 0.15) is 18.1 Å². The van der Waals surface area contributed by atoms with Crippen molar-refractivity contribution in [1.29, 1.82) is 0 Å². The van der Waals surface area contributed by atoms with Crippen molar-refractivity contribution in [2.75, 3.05) is 17.2 Å². The third-order valence-corrected chi connectivity index (χ3v) is 3.12. The molecule has 1 heterocycles. The predicted molar refractivity (Wildman–Crippen MR) is 82.0 cm³/mol. The third-order valence-electron chi connectivity index (χ3n) is 3.12. The van der Waals surface area contributed by atoms with E-state index in [4.69, 9.17) is 0 Å². The second kappa shape index (κ2) is 6.17. The fourth-order valence-electron chi connectivity index (χ4n) is 1.90. The zero-order chi connectivity index (χ0) is 15.4. The van der Waals surface area contributed by atoms with E-state index in [-0.39, 0.29) is 17.3 Å². The number of benzene rings is 1. The molecule has 0 aliphatic carbocycles. The molecule has 0 aliphatic heterocycles. The van der Waals surface area contributed by atoms with E-state index in [1.54, 1.807) is 0 Å².